The Morgan fingerprint density at radius 3 is 2.59 bits per heavy atom. The zero-order valence-corrected chi connectivity index (χ0v) is 14.5. The van der Waals surface area contributed by atoms with E-state index in [1.165, 1.54) is 32.1 Å². The average Bonchev–Trinajstić information content (AvgIpc) is 2.51. The lowest BCUT2D eigenvalue weighted by Crippen LogP contribution is -2.36. The van der Waals surface area contributed by atoms with Gasteiger partial charge < -0.3 is 10.6 Å². The van der Waals surface area contributed by atoms with E-state index in [0.29, 0.717) is 18.2 Å². The predicted octanol–water partition coefficient (Wildman–Crippen LogP) is 3.78. The van der Waals surface area contributed by atoms with Gasteiger partial charge in [-0.25, -0.2) is 0 Å². The SMILES string of the molecule is Cc1cc(Br)ccc1NC(=O)C(=O)NCCC1CCCCC1. The van der Waals surface area contributed by atoms with Crippen LogP contribution in [0.5, 0.6) is 0 Å². The maximum atomic E-state index is 11.9. The molecule has 0 heterocycles. The topological polar surface area (TPSA) is 58.2 Å². The summed E-state index contributed by atoms with van der Waals surface area (Å²) in [4.78, 5) is 23.7. The first-order chi connectivity index (χ1) is 10.6. The standard InChI is InChI=1S/C17H23BrN2O2/c1-12-11-14(18)7-8-15(12)20-17(22)16(21)19-10-9-13-5-3-2-4-6-13/h7-8,11,13H,2-6,9-10H2,1H3,(H,19,21)(H,20,22). The van der Waals surface area contributed by atoms with Crippen molar-refractivity contribution in [3.63, 3.8) is 0 Å². The van der Waals surface area contributed by atoms with E-state index in [1.807, 2.05) is 19.1 Å². The van der Waals surface area contributed by atoms with Crippen molar-refractivity contribution < 1.29 is 9.59 Å². The highest BCUT2D eigenvalue weighted by atomic mass is 79.9. The van der Waals surface area contributed by atoms with Crippen LogP contribution in [0.2, 0.25) is 0 Å². The number of nitrogens with one attached hydrogen (secondary N) is 2. The molecule has 0 saturated heterocycles. The number of halogens is 1. The van der Waals surface area contributed by atoms with Crippen molar-refractivity contribution in [3.05, 3.63) is 28.2 Å². The molecule has 2 rings (SSSR count). The lowest BCUT2D eigenvalue weighted by atomic mass is 9.87. The molecule has 2 amide bonds. The number of hydrogen-bond acceptors (Lipinski definition) is 2. The quantitative estimate of drug-likeness (QED) is 0.796. The highest BCUT2D eigenvalue weighted by Gasteiger charge is 2.16. The molecular weight excluding hydrogens is 344 g/mol. The zero-order chi connectivity index (χ0) is 15.9. The van der Waals surface area contributed by atoms with Crippen LogP contribution in [0.4, 0.5) is 5.69 Å². The molecule has 5 heteroatoms. The zero-order valence-electron chi connectivity index (χ0n) is 13.0. The summed E-state index contributed by atoms with van der Waals surface area (Å²) in [6.07, 6.45) is 7.39. The van der Waals surface area contributed by atoms with E-state index < -0.39 is 11.8 Å². The summed E-state index contributed by atoms with van der Waals surface area (Å²) >= 11 is 3.37. The van der Waals surface area contributed by atoms with Crippen molar-refractivity contribution >= 4 is 33.4 Å². The third kappa shape index (κ3) is 5.13. The third-order valence-corrected chi connectivity index (χ3v) is 4.70. The number of carbonyl (C=O) groups excluding carboxylic acids is 2. The molecule has 1 aromatic carbocycles. The molecule has 0 radical (unpaired) electrons. The molecular formula is C17H23BrN2O2. The Balaban J connectivity index is 1.75. The highest BCUT2D eigenvalue weighted by molar-refractivity contribution is 9.10. The highest BCUT2D eigenvalue weighted by Crippen LogP contribution is 2.25. The number of benzene rings is 1. The summed E-state index contributed by atoms with van der Waals surface area (Å²) in [6, 6.07) is 5.52. The van der Waals surface area contributed by atoms with Gasteiger partial charge in [-0.3, -0.25) is 9.59 Å². The first-order valence-electron chi connectivity index (χ1n) is 7.91. The van der Waals surface area contributed by atoms with Crippen LogP contribution in [-0.2, 0) is 9.59 Å². The number of rotatable bonds is 4. The van der Waals surface area contributed by atoms with E-state index in [4.69, 9.17) is 0 Å². The minimum atomic E-state index is -0.603. The Morgan fingerprint density at radius 1 is 1.18 bits per heavy atom. The van der Waals surface area contributed by atoms with Crippen LogP contribution in [0.15, 0.2) is 22.7 Å². The number of aryl methyl sites for hydroxylation is 1. The van der Waals surface area contributed by atoms with Gasteiger partial charge in [0.2, 0.25) is 0 Å². The first-order valence-corrected chi connectivity index (χ1v) is 8.71. The van der Waals surface area contributed by atoms with Gasteiger partial charge >= 0.3 is 11.8 Å². The molecule has 1 saturated carbocycles. The first kappa shape index (κ1) is 17.0. The molecule has 0 unspecified atom stereocenters. The fourth-order valence-electron chi connectivity index (χ4n) is 2.89. The van der Waals surface area contributed by atoms with Crippen molar-refractivity contribution in [2.24, 2.45) is 5.92 Å². The maximum absolute atomic E-state index is 11.9. The molecule has 1 aliphatic rings. The van der Waals surface area contributed by atoms with E-state index in [1.54, 1.807) is 6.07 Å². The van der Waals surface area contributed by atoms with Crippen LogP contribution < -0.4 is 10.6 Å². The fraction of sp³-hybridized carbons (Fsp3) is 0.529. The Bertz CT molecular complexity index is 539. The summed E-state index contributed by atoms with van der Waals surface area (Å²) in [5.41, 5.74) is 1.58. The van der Waals surface area contributed by atoms with Crippen molar-refractivity contribution in [1.82, 2.24) is 5.32 Å². The third-order valence-electron chi connectivity index (χ3n) is 4.21. The van der Waals surface area contributed by atoms with Gasteiger partial charge in [0.1, 0.15) is 0 Å². The van der Waals surface area contributed by atoms with Crippen molar-refractivity contribution in [3.8, 4) is 0 Å². The fourth-order valence-corrected chi connectivity index (χ4v) is 3.37. The molecule has 0 atom stereocenters. The van der Waals surface area contributed by atoms with Crippen molar-refractivity contribution in [1.29, 1.82) is 0 Å². The maximum Gasteiger partial charge on any atom is 0.313 e. The van der Waals surface area contributed by atoms with E-state index in [2.05, 4.69) is 26.6 Å². The summed E-state index contributed by atoms with van der Waals surface area (Å²) in [5, 5.41) is 5.37. The van der Waals surface area contributed by atoms with Crippen LogP contribution in [0, 0.1) is 12.8 Å². The summed E-state index contributed by atoms with van der Waals surface area (Å²) in [6.45, 7) is 2.47. The van der Waals surface area contributed by atoms with E-state index >= 15 is 0 Å². The molecule has 1 fully saturated rings. The summed E-state index contributed by atoms with van der Waals surface area (Å²) in [7, 11) is 0. The molecule has 0 spiro atoms. The molecule has 4 nitrogen and oxygen atoms in total. The largest absolute Gasteiger partial charge is 0.348 e. The van der Waals surface area contributed by atoms with Crippen LogP contribution in [0.25, 0.3) is 0 Å². The monoisotopic (exact) mass is 366 g/mol. The second kappa shape index (κ2) is 8.32. The van der Waals surface area contributed by atoms with Gasteiger partial charge in [-0.1, -0.05) is 48.0 Å². The Hall–Kier alpha value is -1.36. The van der Waals surface area contributed by atoms with Gasteiger partial charge in [-0.2, -0.15) is 0 Å². The van der Waals surface area contributed by atoms with Crippen LogP contribution in [0.3, 0.4) is 0 Å². The molecule has 0 bridgehead atoms. The molecule has 22 heavy (non-hydrogen) atoms. The van der Waals surface area contributed by atoms with E-state index in [-0.39, 0.29) is 0 Å². The van der Waals surface area contributed by atoms with Gasteiger partial charge in [-0.05, 0) is 43.0 Å². The second-order valence-electron chi connectivity index (χ2n) is 5.96. The number of carbonyl (C=O) groups is 2. The molecule has 1 aromatic rings. The Kier molecular flexibility index (Phi) is 6.43. The van der Waals surface area contributed by atoms with Crippen LogP contribution in [-0.4, -0.2) is 18.4 Å². The van der Waals surface area contributed by atoms with Gasteiger partial charge in [-0.15, -0.1) is 0 Å². The number of anilines is 1. The summed E-state index contributed by atoms with van der Waals surface area (Å²) in [5.74, 6) is -0.460. The number of amides is 2. The van der Waals surface area contributed by atoms with Gasteiger partial charge in [0, 0.05) is 16.7 Å². The molecule has 0 aromatic heterocycles. The molecule has 1 aliphatic carbocycles. The van der Waals surface area contributed by atoms with Gasteiger partial charge in [0.05, 0.1) is 0 Å². The number of hydrogen-bond donors (Lipinski definition) is 2. The van der Waals surface area contributed by atoms with Crippen molar-refractivity contribution in [2.75, 3.05) is 11.9 Å². The average molecular weight is 367 g/mol. The lowest BCUT2D eigenvalue weighted by Gasteiger charge is -2.21. The van der Waals surface area contributed by atoms with E-state index in [0.717, 1.165) is 16.5 Å². The minimum absolute atomic E-state index is 0.557. The Morgan fingerprint density at radius 2 is 1.91 bits per heavy atom. The normalized spacial score (nSPS) is 15.4. The van der Waals surface area contributed by atoms with Gasteiger partial charge in [0.25, 0.3) is 0 Å². The van der Waals surface area contributed by atoms with Gasteiger partial charge in [0.15, 0.2) is 0 Å². The molecule has 0 aliphatic heterocycles. The smallest absolute Gasteiger partial charge is 0.313 e. The molecule has 2 N–H and O–H groups in total. The minimum Gasteiger partial charge on any atom is -0.348 e. The van der Waals surface area contributed by atoms with Crippen LogP contribution in [0.1, 0.15) is 44.1 Å². The lowest BCUT2D eigenvalue weighted by molar-refractivity contribution is -0.136. The summed E-state index contributed by atoms with van der Waals surface area (Å²) < 4.78 is 0.944. The Labute approximate surface area is 140 Å². The van der Waals surface area contributed by atoms with Crippen molar-refractivity contribution in [2.45, 2.75) is 45.4 Å². The molecule has 120 valence electrons. The van der Waals surface area contributed by atoms with Crippen LogP contribution >= 0.6 is 15.9 Å². The van der Waals surface area contributed by atoms with E-state index in [9.17, 15) is 9.59 Å². The predicted molar refractivity (Wildman–Crippen MR) is 91.7 cm³/mol. The second-order valence-corrected chi connectivity index (χ2v) is 6.88.